The fourth-order valence-electron chi connectivity index (χ4n) is 3.62. The third-order valence-corrected chi connectivity index (χ3v) is 6.28. The maximum absolute atomic E-state index is 12.7. The van der Waals surface area contributed by atoms with Crippen LogP contribution in [0.25, 0.3) is 0 Å². The molecule has 2 amide bonds. The molecule has 0 aliphatic heterocycles. The third-order valence-electron chi connectivity index (χ3n) is 5.22. The molecule has 3 aromatic rings. The van der Waals surface area contributed by atoms with Crippen molar-refractivity contribution in [3.05, 3.63) is 70.1 Å². The summed E-state index contributed by atoms with van der Waals surface area (Å²) in [4.78, 5) is 54.1. The number of rotatable bonds is 8. The average Bonchev–Trinajstić information content (AvgIpc) is 3.45. The van der Waals surface area contributed by atoms with Gasteiger partial charge in [0.2, 0.25) is 17.6 Å². The molecule has 1 aliphatic rings. The quantitative estimate of drug-likeness (QED) is 0.473. The van der Waals surface area contributed by atoms with Gasteiger partial charge in [-0.05, 0) is 24.6 Å². The molecule has 0 saturated heterocycles. The Kier molecular flexibility index (Phi) is 7.17. The van der Waals surface area contributed by atoms with Crippen molar-refractivity contribution in [1.82, 2.24) is 10.3 Å². The van der Waals surface area contributed by atoms with Gasteiger partial charge in [-0.25, -0.2) is 9.78 Å². The molecule has 0 spiro atoms. The first-order chi connectivity index (χ1) is 16.4. The molecule has 10 heteroatoms. The molecule has 4 rings (SSSR count). The molecule has 176 valence electrons. The van der Waals surface area contributed by atoms with E-state index in [0.29, 0.717) is 27.9 Å². The first-order valence-corrected chi connectivity index (χ1v) is 11.6. The summed E-state index contributed by atoms with van der Waals surface area (Å²) in [5.41, 5.74) is 1.39. The van der Waals surface area contributed by atoms with Gasteiger partial charge in [0, 0.05) is 12.8 Å². The van der Waals surface area contributed by atoms with Gasteiger partial charge in [0.05, 0.1) is 36.1 Å². The van der Waals surface area contributed by atoms with Crippen LogP contribution in [0.3, 0.4) is 0 Å². The number of esters is 1. The number of nitrogens with zero attached hydrogens (tertiary/aromatic N) is 1. The number of aromatic nitrogens is 1. The molecule has 1 aromatic carbocycles. The second-order valence-corrected chi connectivity index (χ2v) is 8.74. The maximum atomic E-state index is 12.7. The molecule has 2 N–H and O–H groups in total. The van der Waals surface area contributed by atoms with Gasteiger partial charge in [-0.3, -0.25) is 14.4 Å². The minimum absolute atomic E-state index is 0.0602. The van der Waals surface area contributed by atoms with Crippen LogP contribution in [-0.2, 0) is 33.7 Å². The van der Waals surface area contributed by atoms with Crippen LogP contribution in [0.2, 0.25) is 0 Å². The molecule has 0 unspecified atom stereocenters. The number of Topliss-reactive ketones (excluding diaryl/α,β-unsaturated/α-hetero) is 1. The molecule has 9 nitrogen and oxygen atoms in total. The number of furan rings is 1. The highest BCUT2D eigenvalue weighted by Gasteiger charge is 2.33. The van der Waals surface area contributed by atoms with Gasteiger partial charge in [0.25, 0.3) is 0 Å². The zero-order valence-electron chi connectivity index (χ0n) is 18.5. The fourth-order valence-corrected chi connectivity index (χ4v) is 4.58. The van der Waals surface area contributed by atoms with E-state index in [2.05, 4.69) is 15.6 Å². The molecule has 34 heavy (non-hydrogen) atoms. The monoisotopic (exact) mass is 481 g/mol. The van der Waals surface area contributed by atoms with E-state index in [4.69, 9.17) is 9.15 Å². The lowest BCUT2D eigenvalue weighted by atomic mass is 9.89. The SMILES string of the molecule is CCOC(=O)c1ccc(CNC(=O)[C@@H]2CC(=O)c3sc(NC(=O)Cc4ccccc4)nc3C2)o1. The minimum Gasteiger partial charge on any atom is -0.460 e. The summed E-state index contributed by atoms with van der Waals surface area (Å²) in [5, 5.41) is 5.83. The summed E-state index contributed by atoms with van der Waals surface area (Å²) in [6.07, 6.45) is 0.559. The highest BCUT2D eigenvalue weighted by molar-refractivity contribution is 7.17. The summed E-state index contributed by atoms with van der Waals surface area (Å²) in [7, 11) is 0. The Labute approximate surface area is 199 Å². The summed E-state index contributed by atoms with van der Waals surface area (Å²) in [5.74, 6) is -1.39. The van der Waals surface area contributed by atoms with Crippen molar-refractivity contribution in [3.63, 3.8) is 0 Å². The Morgan fingerprint density at radius 3 is 2.71 bits per heavy atom. The van der Waals surface area contributed by atoms with Gasteiger partial charge in [-0.1, -0.05) is 41.7 Å². The number of ketones is 1. The van der Waals surface area contributed by atoms with Gasteiger partial charge >= 0.3 is 5.97 Å². The Balaban J connectivity index is 1.33. The van der Waals surface area contributed by atoms with Crippen LogP contribution >= 0.6 is 11.3 Å². The van der Waals surface area contributed by atoms with Gasteiger partial charge in [0.15, 0.2) is 10.9 Å². The zero-order valence-corrected chi connectivity index (χ0v) is 19.3. The van der Waals surface area contributed by atoms with E-state index in [1.807, 2.05) is 30.3 Å². The fraction of sp³-hybridized carbons (Fsp3) is 0.292. The van der Waals surface area contributed by atoms with Crippen molar-refractivity contribution < 1.29 is 28.3 Å². The summed E-state index contributed by atoms with van der Waals surface area (Å²) >= 11 is 1.13. The summed E-state index contributed by atoms with van der Waals surface area (Å²) < 4.78 is 10.3. The highest BCUT2D eigenvalue weighted by atomic mass is 32.1. The number of thiazole rings is 1. The van der Waals surface area contributed by atoms with E-state index in [9.17, 15) is 19.2 Å². The van der Waals surface area contributed by atoms with Gasteiger partial charge < -0.3 is 19.8 Å². The third kappa shape index (κ3) is 5.57. The number of amides is 2. The predicted molar refractivity (Wildman–Crippen MR) is 124 cm³/mol. The minimum atomic E-state index is -0.575. The van der Waals surface area contributed by atoms with E-state index < -0.39 is 11.9 Å². The first-order valence-electron chi connectivity index (χ1n) is 10.8. The molecular formula is C24H23N3O6S. The Morgan fingerprint density at radius 1 is 1.15 bits per heavy atom. The number of carbonyl (C=O) groups is 4. The maximum Gasteiger partial charge on any atom is 0.374 e. The molecular weight excluding hydrogens is 458 g/mol. The van der Waals surface area contributed by atoms with Crippen LogP contribution in [0.4, 0.5) is 5.13 Å². The number of nitrogens with one attached hydrogen (secondary N) is 2. The molecule has 0 saturated carbocycles. The van der Waals surface area contributed by atoms with Crippen LogP contribution in [0, 0.1) is 5.92 Å². The standard InChI is InChI=1S/C24H23N3O6S/c1-2-32-23(31)19-9-8-16(33-19)13-25-22(30)15-11-17-21(18(28)12-15)34-24(26-17)27-20(29)10-14-6-4-3-5-7-14/h3-9,15H,2,10-13H2,1H3,(H,25,30)(H,26,27,29)/t15-/m0/s1. The van der Waals surface area contributed by atoms with Gasteiger partial charge in [-0.15, -0.1) is 0 Å². The lowest BCUT2D eigenvalue weighted by molar-refractivity contribution is -0.125. The summed E-state index contributed by atoms with van der Waals surface area (Å²) in [6.45, 7) is 2.01. The first kappa shape index (κ1) is 23.4. The Morgan fingerprint density at radius 2 is 1.94 bits per heavy atom. The molecule has 2 heterocycles. The van der Waals surface area contributed by atoms with E-state index in [1.165, 1.54) is 6.07 Å². The molecule has 0 fully saturated rings. The lowest BCUT2D eigenvalue weighted by Crippen LogP contribution is -2.35. The average molecular weight is 482 g/mol. The van der Waals surface area contributed by atoms with Gasteiger partial charge in [0.1, 0.15) is 5.76 Å². The van der Waals surface area contributed by atoms with E-state index in [-0.39, 0.29) is 49.4 Å². The van der Waals surface area contributed by atoms with E-state index >= 15 is 0 Å². The number of hydrogen-bond donors (Lipinski definition) is 2. The number of hydrogen-bond acceptors (Lipinski definition) is 8. The van der Waals surface area contributed by atoms with Crippen LogP contribution in [-0.4, -0.2) is 35.2 Å². The van der Waals surface area contributed by atoms with Crippen molar-refractivity contribution in [2.75, 3.05) is 11.9 Å². The second-order valence-electron chi connectivity index (χ2n) is 7.74. The number of benzene rings is 1. The number of carbonyl (C=O) groups excluding carboxylic acids is 4. The molecule has 1 aliphatic carbocycles. The topological polar surface area (TPSA) is 128 Å². The van der Waals surface area contributed by atoms with Crippen molar-refractivity contribution in [2.45, 2.75) is 32.7 Å². The van der Waals surface area contributed by atoms with Crippen molar-refractivity contribution in [1.29, 1.82) is 0 Å². The molecule has 0 bridgehead atoms. The van der Waals surface area contributed by atoms with E-state index in [0.717, 1.165) is 16.9 Å². The van der Waals surface area contributed by atoms with Crippen molar-refractivity contribution in [3.8, 4) is 0 Å². The second kappa shape index (κ2) is 10.4. The smallest absolute Gasteiger partial charge is 0.374 e. The van der Waals surface area contributed by atoms with Crippen molar-refractivity contribution in [2.24, 2.45) is 5.92 Å². The Bertz CT molecular complexity index is 1220. The molecule has 1 atom stereocenters. The van der Waals surface area contributed by atoms with Crippen LogP contribution in [0.5, 0.6) is 0 Å². The van der Waals surface area contributed by atoms with Crippen LogP contribution in [0.15, 0.2) is 46.9 Å². The normalized spacial score (nSPS) is 14.9. The number of anilines is 1. The molecule has 0 radical (unpaired) electrons. The lowest BCUT2D eigenvalue weighted by Gasteiger charge is -2.19. The van der Waals surface area contributed by atoms with E-state index in [1.54, 1.807) is 13.0 Å². The highest BCUT2D eigenvalue weighted by Crippen LogP contribution is 2.32. The Hall–Kier alpha value is -3.79. The molecule has 2 aromatic heterocycles. The number of ether oxygens (including phenoxy) is 1. The van der Waals surface area contributed by atoms with Crippen molar-refractivity contribution >= 4 is 40.0 Å². The largest absolute Gasteiger partial charge is 0.460 e. The number of fused-ring (bicyclic) bond motifs is 1. The predicted octanol–water partition coefficient (Wildman–Crippen LogP) is 3.16. The van der Waals surface area contributed by atoms with Crippen LogP contribution in [0.1, 0.15) is 50.6 Å². The van der Waals surface area contributed by atoms with Crippen LogP contribution < -0.4 is 10.6 Å². The zero-order chi connectivity index (χ0) is 24.1. The summed E-state index contributed by atoms with van der Waals surface area (Å²) in [6, 6.07) is 12.4. The van der Waals surface area contributed by atoms with Gasteiger partial charge in [-0.2, -0.15) is 0 Å².